The lowest BCUT2D eigenvalue weighted by Crippen LogP contribution is -2.29. The minimum absolute atomic E-state index is 0.236. The van der Waals surface area contributed by atoms with Gasteiger partial charge in [0, 0.05) is 30.2 Å². The van der Waals surface area contributed by atoms with E-state index in [4.69, 9.17) is 0 Å². The maximum absolute atomic E-state index is 13.1. The van der Waals surface area contributed by atoms with Gasteiger partial charge in [-0.05, 0) is 55.3 Å². The summed E-state index contributed by atoms with van der Waals surface area (Å²) in [6, 6.07) is 12.8. The van der Waals surface area contributed by atoms with Crippen molar-refractivity contribution in [1.82, 2.24) is 0 Å². The highest BCUT2D eigenvalue weighted by Crippen LogP contribution is 2.22. The molecule has 1 aliphatic heterocycles. The van der Waals surface area contributed by atoms with E-state index in [1.54, 1.807) is 12.1 Å². The number of halogens is 1. The summed E-state index contributed by atoms with van der Waals surface area (Å²) in [4.78, 5) is 26.0. The van der Waals surface area contributed by atoms with E-state index in [9.17, 15) is 14.0 Å². The zero-order valence-corrected chi connectivity index (χ0v) is 13.1. The van der Waals surface area contributed by atoms with Crippen LogP contribution < -0.4 is 15.5 Å². The molecule has 1 fully saturated rings. The van der Waals surface area contributed by atoms with E-state index in [2.05, 4.69) is 15.5 Å². The van der Waals surface area contributed by atoms with Crippen molar-refractivity contribution in [3.05, 3.63) is 54.3 Å². The summed E-state index contributed by atoms with van der Waals surface area (Å²) >= 11 is 0. The van der Waals surface area contributed by atoms with Crippen LogP contribution in [0.25, 0.3) is 0 Å². The lowest BCUT2D eigenvalue weighted by Gasteiger charge is -2.17. The Bertz CT molecular complexity index is 740. The maximum atomic E-state index is 13.1. The van der Waals surface area contributed by atoms with E-state index in [0.717, 1.165) is 24.8 Å². The first kappa shape index (κ1) is 16.0. The molecule has 124 valence electrons. The smallest absolute Gasteiger partial charge is 0.314 e. The number of amides is 2. The van der Waals surface area contributed by atoms with Crippen molar-refractivity contribution in [3.8, 4) is 0 Å². The van der Waals surface area contributed by atoms with E-state index in [1.165, 1.54) is 31.0 Å². The fourth-order valence-corrected chi connectivity index (χ4v) is 2.67. The number of hydrogen-bond donors (Lipinski definition) is 2. The molecule has 24 heavy (non-hydrogen) atoms. The van der Waals surface area contributed by atoms with E-state index >= 15 is 0 Å². The Morgan fingerprint density at radius 1 is 0.875 bits per heavy atom. The molecule has 6 heteroatoms. The lowest BCUT2D eigenvalue weighted by molar-refractivity contribution is -0.133. The predicted octanol–water partition coefficient (Wildman–Crippen LogP) is 3.00. The van der Waals surface area contributed by atoms with Gasteiger partial charge in [-0.25, -0.2) is 4.39 Å². The average Bonchev–Trinajstić information content (AvgIpc) is 3.10. The third kappa shape index (κ3) is 3.90. The summed E-state index contributed by atoms with van der Waals surface area (Å²) in [5.74, 6) is -2.12. The van der Waals surface area contributed by atoms with Gasteiger partial charge in [0.1, 0.15) is 5.82 Å². The number of nitrogens with zero attached hydrogens (tertiary/aromatic N) is 1. The van der Waals surface area contributed by atoms with E-state index in [1.807, 2.05) is 12.1 Å². The van der Waals surface area contributed by atoms with Gasteiger partial charge in [-0.2, -0.15) is 0 Å². The number of carbonyl (C=O) groups is 2. The Kier molecular flexibility index (Phi) is 4.74. The summed E-state index contributed by atoms with van der Waals surface area (Å²) in [6.45, 7) is 2.09. The zero-order chi connectivity index (χ0) is 16.9. The van der Waals surface area contributed by atoms with Gasteiger partial charge in [0.05, 0.1) is 0 Å². The Morgan fingerprint density at radius 2 is 1.50 bits per heavy atom. The number of nitrogens with one attached hydrogen (secondary N) is 2. The highest BCUT2D eigenvalue weighted by Gasteiger charge is 2.15. The highest BCUT2D eigenvalue weighted by molar-refractivity contribution is 6.43. The Balaban J connectivity index is 1.58. The van der Waals surface area contributed by atoms with Crippen LogP contribution in [0.15, 0.2) is 48.5 Å². The fraction of sp³-hybridized carbons (Fsp3) is 0.222. The molecule has 0 spiro atoms. The maximum Gasteiger partial charge on any atom is 0.314 e. The molecule has 0 unspecified atom stereocenters. The monoisotopic (exact) mass is 327 g/mol. The summed E-state index contributed by atoms with van der Waals surface area (Å²) in [5, 5.41) is 4.89. The molecule has 0 bridgehead atoms. The van der Waals surface area contributed by atoms with Crippen LogP contribution in [0.2, 0.25) is 0 Å². The summed E-state index contributed by atoms with van der Waals surface area (Å²) in [6.07, 6.45) is 2.39. The number of anilines is 3. The van der Waals surface area contributed by atoms with Crippen LogP contribution in [0.3, 0.4) is 0 Å². The molecule has 0 saturated carbocycles. The van der Waals surface area contributed by atoms with Gasteiger partial charge in [0.2, 0.25) is 0 Å². The normalized spacial score (nSPS) is 13.6. The molecular weight excluding hydrogens is 309 g/mol. The molecule has 2 aromatic carbocycles. The van der Waals surface area contributed by atoms with Crippen LogP contribution in [-0.4, -0.2) is 24.9 Å². The largest absolute Gasteiger partial charge is 0.372 e. The number of hydrogen-bond acceptors (Lipinski definition) is 3. The van der Waals surface area contributed by atoms with Gasteiger partial charge in [-0.3, -0.25) is 9.59 Å². The number of benzene rings is 2. The first-order valence-electron chi connectivity index (χ1n) is 7.85. The molecule has 0 aromatic heterocycles. The second-order valence-electron chi connectivity index (χ2n) is 5.66. The Labute approximate surface area is 139 Å². The SMILES string of the molecule is O=C(Nc1ccc(N2CCCC2)cc1)C(=O)Nc1cccc(F)c1. The minimum Gasteiger partial charge on any atom is -0.372 e. The first-order chi connectivity index (χ1) is 11.6. The minimum atomic E-state index is -0.843. The predicted molar refractivity (Wildman–Crippen MR) is 91.5 cm³/mol. The molecule has 0 aliphatic carbocycles. The third-order valence-electron chi connectivity index (χ3n) is 3.89. The van der Waals surface area contributed by atoms with Gasteiger partial charge < -0.3 is 15.5 Å². The molecule has 5 nitrogen and oxygen atoms in total. The van der Waals surface area contributed by atoms with Gasteiger partial charge >= 0.3 is 11.8 Å². The van der Waals surface area contributed by atoms with Gasteiger partial charge in [0.25, 0.3) is 0 Å². The van der Waals surface area contributed by atoms with E-state index in [0.29, 0.717) is 5.69 Å². The molecule has 2 aromatic rings. The van der Waals surface area contributed by atoms with Crippen LogP contribution >= 0.6 is 0 Å². The van der Waals surface area contributed by atoms with Crippen LogP contribution in [0, 0.1) is 5.82 Å². The highest BCUT2D eigenvalue weighted by atomic mass is 19.1. The Morgan fingerprint density at radius 3 is 2.12 bits per heavy atom. The van der Waals surface area contributed by atoms with Crippen molar-refractivity contribution in [3.63, 3.8) is 0 Å². The van der Waals surface area contributed by atoms with E-state index in [-0.39, 0.29) is 5.69 Å². The van der Waals surface area contributed by atoms with Gasteiger partial charge in [0.15, 0.2) is 0 Å². The summed E-state index contributed by atoms with van der Waals surface area (Å²) in [7, 11) is 0. The van der Waals surface area contributed by atoms with Crippen LogP contribution in [0.1, 0.15) is 12.8 Å². The number of carbonyl (C=O) groups excluding carboxylic acids is 2. The lowest BCUT2D eigenvalue weighted by atomic mass is 10.2. The topological polar surface area (TPSA) is 61.4 Å². The van der Waals surface area contributed by atoms with Crippen molar-refractivity contribution in [2.75, 3.05) is 28.6 Å². The standard InChI is InChI=1S/C18H18FN3O2/c19-13-4-3-5-15(12-13)21-18(24)17(23)20-14-6-8-16(9-7-14)22-10-1-2-11-22/h3-9,12H,1-2,10-11H2,(H,20,23)(H,21,24). The molecule has 1 heterocycles. The fourth-order valence-electron chi connectivity index (χ4n) is 2.67. The average molecular weight is 327 g/mol. The van der Waals surface area contributed by atoms with Crippen LogP contribution in [0.5, 0.6) is 0 Å². The first-order valence-corrected chi connectivity index (χ1v) is 7.85. The molecule has 1 saturated heterocycles. The second kappa shape index (κ2) is 7.12. The molecule has 0 atom stereocenters. The van der Waals surface area contributed by atoms with Crippen molar-refractivity contribution in [1.29, 1.82) is 0 Å². The number of rotatable bonds is 3. The summed E-state index contributed by atoms with van der Waals surface area (Å²) in [5.41, 5.74) is 1.88. The molecule has 2 N–H and O–H groups in total. The van der Waals surface area contributed by atoms with Crippen molar-refractivity contribution in [2.45, 2.75) is 12.8 Å². The van der Waals surface area contributed by atoms with Crippen molar-refractivity contribution < 1.29 is 14.0 Å². The van der Waals surface area contributed by atoms with Crippen molar-refractivity contribution in [2.24, 2.45) is 0 Å². The summed E-state index contributed by atoms with van der Waals surface area (Å²) < 4.78 is 13.1. The molecule has 0 radical (unpaired) electrons. The Hall–Kier alpha value is -2.89. The van der Waals surface area contributed by atoms with Gasteiger partial charge in [-0.15, -0.1) is 0 Å². The van der Waals surface area contributed by atoms with Crippen molar-refractivity contribution >= 4 is 28.9 Å². The molecular formula is C18H18FN3O2. The second-order valence-corrected chi connectivity index (χ2v) is 5.66. The molecule has 3 rings (SSSR count). The molecule has 1 aliphatic rings. The van der Waals surface area contributed by atoms with Crippen LogP contribution in [-0.2, 0) is 9.59 Å². The zero-order valence-electron chi connectivity index (χ0n) is 13.1. The molecule has 2 amide bonds. The quantitative estimate of drug-likeness (QED) is 0.852. The third-order valence-corrected chi connectivity index (χ3v) is 3.89. The van der Waals surface area contributed by atoms with Crippen LogP contribution in [0.4, 0.5) is 21.5 Å². The van der Waals surface area contributed by atoms with E-state index < -0.39 is 17.6 Å². The van der Waals surface area contributed by atoms with Gasteiger partial charge in [-0.1, -0.05) is 6.07 Å².